The Balaban J connectivity index is 1.61. The van der Waals surface area contributed by atoms with Gasteiger partial charge in [-0.25, -0.2) is 4.68 Å². The number of nitrogens with zero attached hydrogens (tertiary/aromatic N) is 2. The number of nitrogens with one attached hydrogen (secondary N) is 1. The Morgan fingerprint density at radius 1 is 1.26 bits per heavy atom. The molecule has 7 heteroatoms. The number of anilines is 2. The van der Waals surface area contributed by atoms with E-state index in [0.29, 0.717) is 5.69 Å². The molecule has 0 bridgehead atoms. The van der Waals surface area contributed by atoms with Crippen molar-refractivity contribution in [1.82, 2.24) is 9.78 Å². The van der Waals surface area contributed by atoms with E-state index < -0.39 is 11.6 Å². The van der Waals surface area contributed by atoms with E-state index in [2.05, 4.69) is 16.5 Å². The van der Waals surface area contributed by atoms with E-state index in [1.54, 1.807) is 13.0 Å². The van der Waals surface area contributed by atoms with Crippen LogP contribution in [-0.2, 0) is 17.6 Å². The van der Waals surface area contributed by atoms with E-state index >= 15 is 0 Å². The Kier molecular flexibility index (Phi) is 4.53. The van der Waals surface area contributed by atoms with E-state index in [1.165, 1.54) is 22.5 Å². The van der Waals surface area contributed by atoms with Crippen molar-refractivity contribution in [2.75, 3.05) is 11.1 Å². The first-order chi connectivity index (χ1) is 13.0. The molecule has 0 saturated heterocycles. The number of carbonyl (C=O) groups is 1. The number of nitrogen functional groups attached to an aromatic ring is 1. The van der Waals surface area contributed by atoms with Crippen molar-refractivity contribution in [3.8, 4) is 10.6 Å². The number of aryl methyl sites for hydroxylation is 2. The molecule has 0 saturated carbocycles. The van der Waals surface area contributed by atoms with Crippen LogP contribution in [0.3, 0.4) is 0 Å². The quantitative estimate of drug-likeness (QED) is 0.727. The summed E-state index contributed by atoms with van der Waals surface area (Å²) in [7, 11) is 0. The second-order valence-corrected chi connectivity index (χ2v) is 7.66. The Hall–Kier alpha value is -2.93. The maximum Gasteiger partial charge on any atom is 0.290 e. The smallest absolute Gasteiger partial charge is 0.290 e. The zero-order valence-corrected chi connectivity index (χ0v) is 15.8. The molecule has 2 heterocycles. The minimum atomic E-state index is -0.784. The maximum atomic E-state index is 12.7. The lowest BCUT2D eigenvalue weighted by Crippen LogP contribution is -2.34. The fourth-order valence-corrected chi connectivity index (χ4v) is 4.03. The summed E-state index contributed by atoms with van der Waals surface area (Å²) in [6.07, 6.45) is 3.28. The van der Waals surface area contributed by atoms with E-state index in [1.807, 2.05) is 29.6 Å². The van der Waals surface area contributed by atoms with Crippen LogP contribution in [-0.4, -0.2) is 15.7 Å². The number of aromatic nitrogens is 2. The summed E-state index contributed by atoms with van der Waals surface area (Å²) in [6.45, 7) is 1.65. The Morgan fingerprint density at radius 2 is 2.07 bits per heavy atom. The van der Waals surface area contributed by atoms with E-state index in [9.17, 15) is 9.59 Å². The molecule has 0 spiro atoms. The normalized spacial score (nSPS) is 14.0. The van der Waals surface area contributed by atoms with Gasteiger partial charge in [-0.2, -0.15) is 5.10 Å². The summed E-state index contributed by atoms with van der Waals surface area (Å²) in [4.78, 5) is 26.1. The number of hydrogen-bond acceptors (Lipinski definition) is 5. The predicted molar refractivity (Wildman–Crippen MR) is 108 cm³/mol. The van der Waals surface area contributed by atoms with Gasteiger partial charge in [0.1, 0.15) is 17.4 Å². The van der Waals surface area contributed by atoms with Gasteiger partial charge in [-0.3, -0.25) is 9.59 Å². The average molecular weight is 380 g/mol. The van der Waals surface area contributed by atoms with Crippen LogP contribution in [0.1, 0.15) is 30.5 Å². The van der Waals surface area contributed by atoms with Crippen LogP contribution in [0, 0.1) is 0 Å². The fourth-order valence-electron chi connectivity index (χ4n) is 3.35. The van der Waals surface area contributed by atoms with Gasteiger partial charge in [0.2, 0.25) is 5.91 Å². The number of rotatable bonds is 4. The third-order valence-corrected chi connectivity index (χ3v) is 5.74. The predicted octanol–water partition coefficient (Wildman–Crippen LogP) is 3.24. The molecule has 27 heavy (non-hydrogen) atoms. The minimum absolute atomic E-state index is 0.0746. The standard InChI is InChI=1S/C20H20N4O2S/c1-12(19(25)22-15-8-7-13-4-2-5-14(13)10-15)24-20(26)16(21)11-17(23-24)18-6-3-9-27-18/h3,6-12H,2,4-5,21H2,1H3,(H,22,25)/t12-/m1/s1. The van der Waals surface area contributed by atoms with Gasteiger partial charge in [-0.1, -0.05) is 12.1 Å². The molecule has 0 radical (unpaired) electrons. The third kappa shape index (κ3) is 3.38. The number of fused-ring (bicyclic) bond motifs is 1. The van der Waals surface area contributed by atoms with Crippen molar-refractivity contribution in [3.05, 3.63) is 63.3 Å². The SMILES string of the molecule is C[C@H](C(=O)Nc1ccc2c(c1)CCC2)n1nc(-c2cccs2)cc(N)c1=O. The molecule has 0 fully saturated rings. The van der Waals surface area contributed by atoms with Crippen molar-refractivity contribution < 1.29 is 4.79 Å². The van der Waals surface area contributed by atoms with E-state index in [0.717, 1.165) is 34.5 Å². The molecular weight excluding hydrogens is 360 g/mol. The molecule has 2 aromatic heterocycles. The summed E-state index contributed by atoms with van der Waals surface area (Å²) in [5, 5.41) is 9.19. The third-order valence-electron chi connectivity index (χ3n) is 4.85. The van der Waals surface area contributed by atoms with Gasteiger partial charge < -0.3 is 11.1 Å². The number of benzene rings is 1. The lowest BCUT2D eigenvalue weighted by Gasteiger charge is -2.16. The summed E-state index contributed by atoms with van der Waals surface area (Å²) in [5.41, 5.74) is 9.43. The van der Waals surface area contributed by atoms with Gasteiger partial charge in [0, 0.05) is 5.69 Å². The molecule has 1 aliphatic rings. The first-order valence-electron chi connectivity index (χ1n) is 8.89. The highest BCUT2D eigenvalue weighted by atomic mass is 32.1. The van der Waals surface area contributed by atoms with Crippen LogP contribution in [0.15, 0.2) is 46.6 Å². The molecule has 1 atom stereocenters. The lowest BCUT2D eigenvalue weighted by atomic mass is 10.1. The first-order valence-corrected chi connectivity index (χ1v) is 9.77. The second-order valence-electron chi connectivity index (χ2n) is 6.71. The molecule has 6 nitrogen and oxygen atoms in total. The Bertz CT molecular complexity index is 1060. The zero-order valence-electron chi connectivity index (χ0n) is 14.9. The van der Waals surface area contributed by atoms with Gasteiger partial charge >= 0.3 is 0 Å². The van der Waals surface area contributed by atoms with Crippen molar-refractivity contribution >= 4 is 28.6 Å². The van der Waals surface area contributed by atoms with Gasteiger partial charge in [0.15, 0.2) is 0 Å². The Labute approximate surface area is 160 Å². The van der Waals surface area contributed by atoms with Crippen molar-refractivity contribution in [3.63, 3.8) is 0 Å². The van der Waals surface area contributed by atoms with Crippen molar-refractivity contribution in [2.24, 2.45) is 0 Å². The lowest BCUT2D eigenvalue weighted by molar-refractivity contribution is -0.119. The summed E-state index contributed by atoms with van der Waals surface area (Å²) >= 11 is 1.50. The second kappa shape index (κ2) is 7.00. The molecular formula is C20H20N4O2S. The van der Waals surface area contributed by atoms with Crippen molar-refractivity contribution in [2.45, 2.75) is 32.2 Å². The molecule has 3 N–H and O–H groups in total. The van der Waals surface area contributed by atoms with Gasteiger partial charge in [0.05, 0.1) is 4.88 Å². The molecule has 0 aliphatic heterocycles. The topological polar surface area (TPSA) is 90.0 Å². The van der Waals surface area contributed by atoms with Crippen LogP contribution >= 0.6 is 11.3 Å². The molecule has 1 aromatic carbocycles. The molecule has 3 aromatic rings. The summed E-state index contributed by atoms with van der Waals surface area (Å²) < 4.78 is 1.16. The number of thiophene rings is 1. The number of amides is 1. The summed E-state index contributed by atoms with van der Waals surface area (Å²) in [5.74, 6) is -0.301. The number of nitrogens with two attached hydrogens (primary N) is 1. The van der Waals surface area contributed by atoms with Crippen molar-refractivity contribution in [1.29, 1.82) is 0 Å². The number of hydrogen-bond donors (Lipinski definition) is 2. The van der Waals surface area contributed by atoms with Crippen LogP contribution in [0.25, 0.3) is 10.6 Å². The minimum Gasteiger partial charge on any atom is -0.394 e. The molecule has 4 rings (SSSR count). The monoisotopic (exact) mass is 380 g/mol. The Morgan fingerprint density at radius 3 is 2.85 bits per heavy atom. The maximum absolute atomic E-state index is 12.7. The summed E-state index contributed by atoms with van der Waals surface area (Å²) in [6, 6.07) is 10.5. The average Bonchev–Trinajstić information content (AvgIpc) is 3.34. The molecule has 0 unspecified atom stereocenters. The van der Waals surface area contributed by atoms with Gasteiger partial charge in [-0.15, -0.1) is 11.3 Å². The van der Waals surface area contributed by atoms with Gasteiger partial charge in [-0.05, 0) is 67.0 Å². The van der Waals surface area contributed by atoms with Crippen LogP contribution in [0.4, 0.5) is 11.4 Å². The number of carbonyl (C=O) groups excluding carboxylic acids is 1. The van der Waals surface area contributed by atoms with Crippen LogP contribution in [0.5, 0.6) is 0 Å². The largest absolute Gasteiger partial charge is 0.394 e. The molecule has 138 valence electrons. The molecule has 1 amide bonds. The van der Waals surface area contributed by atoms with Crippen LogP contribution in [0.2, 0.25) is 0 Å². The first kappa shape index (κ1) is 17.5. The molecule has 1 aliphatic carbocycles. The fraction of sp³-hybridized carbons (Fsp3) is 0.250. The highest BCUT2D eigenvalue weighted by molar-refractivity contribution is 7.13. The highest BCUT2D eigenvalue weighted by Crippen LogP contribution is 2.26. The van der Waals surface area contributed by atoms with E-state index in [4.69, 9.17) is 5.73 Å². The van der Waals surface area contributed by atoms with Crippen LogP contribution < -0.4 is 16.6 Å². The van der Waals surface area contributed by atoms with Gasteiger partial charge in [0.25, 0.3) is 5.56 Å². The van der Waals surface area contributed by atoms with E-state index in [-0.39, 0.29) is 11.6 Å². The highest BCUT2D eigenvalue weighted by Gasteiger charge is 2.21. The zero-order chi connectivity index (χ0) is 19.0.